The van der Waals surface area contributed by atoms with E-state index in [0.717, 1.165) is 30.0 Å². The van der Waals surface area contributed by atoms with Gasteiger partial charge in [0.2, 0.25) is 0 Å². The van der Waals surface area contributed by atoms with E-state index in [-0.39, 0.29) is 18.6 Å². The number of benzene rings is 1. The molecule has 1 N–H and O–H groups in total. The van der Waals surface area contributed by atoms with Gasteiger partial charge in [-0.1, -0.05) is 24.3 Å². The highest BCUT2D eigenvalue weighted by atomic mass is 32.1. The highest BCUT2D eigenvalue weighted by Gasteiger charge is 2.27. The van der Waals surface area contributed by atoms with E-state index in [2.05, 4.69) is 23.1 Å². The molecule has 0 aliphatic carbocycles. The van der Waals surface area contributed by atoms with Crippen LogP contribution in [0.3, 0.4) is 0 Å². The van der Waals surface area contributed by atoms with Crippen molar-refractivity contribution in [3.05, 3.63) is 56.8 Å². The Morgan fingerprint density at radius 2 is 2.22 bits per heavy atom. The Balaban J connectivity index is 1.83. The number of esters is 1. The maximum Gasteiger partial charge on any atom is 0.348 e. The molecule has 0 radical (unpaired) electrons. The van der Waals surface area contributed by atoms with Gasteiger partial charge in [-0.25, -0.2) is 4.79 Å². The number of hydrogen-bond donors (Lipinski definition) is 1. The third kappa shape index (κ3) is 3.17. The van der Waals surface area contributed by atoms with E-state index in [4.69, 9.17) is 4.74 Å². The van der Waals surface area contributed by atoms with Gasteiger partial charge in [-0.15, -0.1) is 11.3 Å². The number of rotatable bonds is 4. The van der Waals surface area contributed by atoms with Crippen LogP contribution in [0.2, 0.25) is 0 Å². The molecule has 23 heavy (non-hydrogen) atoms. The molecule has 2 aromatic rings. The van der Waals surface area contributed by atoms with Gasteiger partial charge in [-0.2, -0.15) is 0 Å². The average Bonchev–Trinajstić information content (AvgIpc) is 2.94. The molecule has 3 rings (SSSR count). The fourth-order valence-electron chi connectivity index (χ4n) is 3.20. The largest absolute Gasteiger partial charge is 0.465 e. The van der Waals surface area contributed by atoms with Crippen molar-refractivity contribution in [1.82, 2.24) is 4.90 Å². The van der Waals surface area contributed by atoms with Crippen molar-refractivity contribution in [2.24, 2.45) is 0 Å². The fourth-order valence-corrected chi connectivity index (χ4v) is 4.16. The van der Waals surface area contributed by atoms with Crippen molar-refractivity contribution < 1.29 is 14.6 Å². The Kier molecular flexibility index (Phi) is 4.80. The van der Waals surface area contributed by atoms with Crippen molar-refractivity contribution in [2.75, 3.05) is 20.3 Å². The van der Waals surface area contributed by atoms with E-state index >= 15 is 0 Å². The van der Waals surface area contributed by atoms with Crippen LogP contribution in [0.25, 0.3) is 0 Å². The third-order valence-electron chi connectivity index (χ3n) is 4.48. The van der Waals surface area contributed by atoms with Crippen LogP contribution in [0.5, 0.6) is 0 Å². The smallest absolute Gasteiger partial charge is 0.348 e. The van der Waals surface area contributed by atoms with Gasteiger partial charge in [0.15, 0.2) is 0 Å². The van der Waals surface area contributed by atoms with E-state index in [9.17, 15) is 9.90 Å². The van der Waals surface area contributed by atoms with Crippen LogP contribution in [-0.2, 0) is 17.7 Å². The van der Waals surface area contributed by atoms with Gasteiger partial charge >= 0.3 is 5.97 Å². The van der Waals surface area contributed by atoms with Crippen molar-refractivity contribution in [2.45, 2.75) is 25.9 Å². The van der Waals surface area contributed by atoms with E-state index in [1.54, 1.807) is 0 Å². The number of nitrogens with zero attached hydrogens (tertiary/aromatic N) is 1. The number of fused-ring (bicyclic) bond motifs is 1. The first kappa shape index (κ1) is 16.2. The summed E-state index contributed by atoms with van der Waals surface area (Å²) in [6.07, 6.45) is 0.986. The summed E-state index contributed by atoms with van der Waals surface area (Å²) in [6, 6.07) is 10.2. The van der Waals surface area contributed by atoms with Crippen molar-refractivity contribution in [3.8, 4) is 0 Å². The maximum atomic E-state index is 11.7. The summed E-state index contributed by atoms with van der Waals surface area (Å²) in [5.41, 5.74) is 3.66. The molecule has 1 aliphatic rings. The number of hydrogen-bond acceptors (Lipinski definition) is 5. The number of aliphatic hydroxyl groups is 1. The second-order valence-electron chi connectivity index (χ2n) is 5.80. The first-order valence-electron chi connectivity index (χ1n) is 7.74. The lowest BCUT2D eigenvalue weighted by Gasteiger charge is -2.36. The number of carbonyl (C=O) groups excluding carboxylic acids is 1. The topological polar surface area (TPSA) is 49.8 Å². The van der Waals surface area contributed by atoms with Crippen molar-refractivity contribution >= 4 is 17.3 Å². The van der Waals surface area contributed by atoms with Gasteiger partial charge in [0.1, 0.15) is 4.88 Å². The van der Waals surface area contributed by atoms with Crippen LogP contribution in [0.15, 0.2) is 30.3 Å². The molecule has 0 spiro atoms. The number of aliphatic hydroxyl groups excluding tert-OH is 1. The summed E-state index contributed by atoms with van der Waals surface area (Å²) in [7, 11) is 1.40. The zero-order valence-corrected chi connectivity index (χ0v) is 14.2. The summed E-state index contributed by atoms with van der Waals surface area (Å²) in [6.45, 7) is 3.77. The molecule has 5 heteroatoms. The lowest BCUT2D eigenvalue weighted by molar-refractivity contribution is 0.0606. The molecule has 122 valence electrons. The lowest BCUT2D eigenvalue weighted by atomic mass is 9.92. The highest BCUT2D eigenvalue weighted by Crippen LogP contribution is 2.32. The van der Waals surface area contributed by atoms with Gasteiger partial charge in [-0.05, 0) is 36.1 Å². The molecule has 1 aliphatic heterocycles. The highest BCUT2D eigenvalue weighted by molar-refractivity contribution is 7.14. The molecule has 1 aromatic heterocycles. The van der Waals surface area contributed by atoms with Gasteiger partial charge in [0, 0.05) is 18.0 Å². The zero-order valence-electron chi connectivity index (χ0n) is 13.4. The number of ether oxygens (including phenoxy) is 1. The third-order valence-corrected chi connectivity index (χ3v) is 5.55. The van der Waals surface area contributed by atoms with Crippen LogP contribution in [0.1, 0.15) is 37.3 Å². The second kappa shape index (κ2) is 6.83. The summed E-state index contributed by atoms with van der Waals surface area (Å²) in [4.78, 5) is 15.7. The average molecular weight is 331 g/mol. The molecule has 4 nitrogen and oxygen atoms in total. The molecule has 0 bridgehead atoms. The Hall–Kier alpha value is -1.69. The first-order valence-corrected chi connectivity index (χ1v) is 8.56. The first-order chi connectivity index (χ1) is 11.1. The van der Waals surface area contributed by atoms with E-state index in [1.807, 2.05) is 19.1 Å². The van der Waals surface area contributed by atoms with E-state index in [1.165, 1.54) is 29.6 Å². The lowest BCUT2D eigenvalue weighted by Crippen LogP contribution is -2.36. The molecule has 0 saturated heterocycles. The molecule has 0 fully saturated rings. The summed E-state index contributed by atoms with van der Waals surface area (Å²) in [5, 5.41) is 9.87. The van der Waals surface area contributed by atoms with Gasteiger partial charge < -0.3 is 9.84 Å². The molecular weight excluding hydrogens is 310 g/mol. The Morgan fingerprint density at radius 3 is 2.96 bits per heavy atom. The maximum absolute atomic E-state index is 11.7. The minimum absolute atomic E-state index is 0.0147. The van der Waals surface area contributed by atoms with Gasteiger partial charge in [0.05, 0.1) is 19.8 Å². The number of methoxy groups -OCH3 is 1. The van der Waals surface area contributed by atoms with E-state index < -0.39 is 0 Å². The van der Waals surface area contributed by atoms with Crippen LogP contribution >= 0.6 is 11.3 Å². The molecular formula is C18H21NO3S. The minimum atomic E-state index is -0.285. The quantitative estimate of drug-likeness (QED) is 0.875. The van der Waals surface area contributed by atoms with E-state index in [0.29, 0.717) is 4.88 Å². The Bertz CT molecular complexity index is 710. The number of thiophene rings is 1. The Morgan fingerprint density at radius 1 is 1.43 bits per heavy atom. The number of carbonyl (C=O) groups is 1. The molecule has 1 atom stereocenters. The second-order valence-corrected chi connectivity index (χ2v) is 7.06. The SMILES string of the molecule is COC(=O)c1cc(CN2CCc3ccccc3C2CO)c(C)s1. The van der Waals surface area contributed by atoms with Gasteiger partial charge in [-0.3, -0.25) is 4.90 Å². The predicted molar refractivity (Wildman–Crippen MR) is 90.8 cm³/mol. The minimum Gasteiger partial charge on any atom is -0.465 e. The predicted octanol–water partition coefficient (Wildman–Crippen LogP) is 2.93. The number of aryl methyl sites for hydroxylation is 1. The Labute approximate surface area is 140 Å². The molecule has 1 unspecified atom stereocenters. The standard InChI is InChI=1S/C18H21NO3S/c1-12-14(9-17(23-12)18(21)22-2)10-19-8-7-13-5-3-4-6-15(13)16(19)11-20/h3-6,9,16,20H,7-8,10-11H2,1-2H3. The monoisotopic (exact) mass is 331 g/mol. The van der Waals surface area contributed by atoms with Crippen LogP contribution in [0.4, 0.5) is 0 Å². The molecule has 0 saturated carbocycles. The molecule has 2 heterocycles. The van der Waals surface area contributed by atoms with Crippen LogP contribution in [0, 0.1) is 6.92 Å². The zero-order chi connectivity index (χ0) is 16.4. The summed E-state index contributed by atoms with van der Waals surface area (Å²) < 4.78 is 4.80. The van der Waals surface area contributed by atoms with Crippen molar-refractivity contribution in [1.29, 1.82) is 0 Å². The molecule has 1 aromatic carbocycles. The molecule has 0 amide bonds. The summed E-state index contributed by atoms with van der Waals surface area (Å²) >= 11 is 1.47. The fraction of sp³-hybridized carbons (Fsp3) is 0.389. The van der Waals surface area contributed by atoms with Crippen molar-refractivity contribution in [3.63, 3.8) is 0 Å². The normalized spacial score (nSPS) is 17.8. The van der Waals surface area contributed by atoms with Crippen LogP contribution < -0.4 is 0 Å². The summed E-state index contributed by atoms with van der Waals surface area (Å²) in [5.74, 6) is -0.285. The van der Waals surface area contributed by atoms with Gasteiger partial charge in [0.25, 0.3) is 0 Å². The van der Waals surface area contributed by atoms with Crippen LogP contribution in [-0.4, -0.2) is 36.2 Å².